The molecule has 0 aliphatic carbocycles. The van der Waals surface area contributed by atoms with Crippen LogP contribution in [0.25, 0.3) is 0 Å². The Morgan fingerprint density at radius 3 is 2.54 bits per heavy atom. The normalized spacial score (nSPS) is 10.2. The number of halogens is 1. The highest BCUT2D eigenvalue weighted by atomic mass is 35.5. The molecule has 1 aromatic heterocycles. The maximum atomic E-state index is 5.84. The maximum absolute atomic E-state index is 5.84. The number of hydrogen-bond acceptors (Lipinski definition) is 1. The van der Waals surface area contributed by atoms with Gasteiger partial charge in [0.2, 0.25) is 0 Å². The van der Waals surface area contributed by atoms with Crippen LogP contribution >= 0.6 is 22.9 Å². The summed E-state index contributed by atoms with van der Waals surface area (Å²) in [6.45, 7) is 0. The van der Waals surface area contributed by atoms with Gasteiger partial charge in [0.15, 0.2) is 0 Å². The van der Waals surface area contributed by atoms with E-state index in [4.69, 9.17) is 11.6 Å². The Labute approximate surface area is 86.8 Å². The molecule has 65 valence electrons. The summed E-state index contributed by atoms with van der Waals surface area (Å²) in [6.07, 6.45) is 0.964. The zero-order valence-electron chi connectivity index (χ0n) is 6.96. The van der Waals surface area contributed by atoms with Crippen LogP contribution in [0.4, 0.5) is 0 Å². The van der Waals surface area contributed by atoms with Gasteiger partial charge in [0.25, 0.3) is 0 Å². The third-order valence-electron chi connectivity index (χ3n) is 1.79. The van der Waals surface area contributed by atoms with Crippen LogP contribution in [0.2, 0.25) is 4.34 Å². The number of benzene rings is 1. The molecule has 0 fully saturated rings. The molecule has 0 aliphatic heterocycles. The second-order valence-electron chi connectivity index (χ2n) is 2.79. The van der Waals surface area contributed by atoms with Crippen molar-refractivity contribution in [1.82, 2.24) is 0 Å². The summed E-state index contributed by atoms with van der Waals surface area (Å²) in [5, 5.41) is 0. The molecule has 2 heteroatoms. The molecule has 0 aliphatic rings. The smallest absolute Gasteiger partial charge is 0.0931 e. The predicted octanol–water partition coefficient (Wildman–Crippen LogP) is 3.79. The fourth-order valence-electron chi connectivity index (χ4n) is 1.19. The zero-order chi connectivity index (χ0) is 9.10. The standard InChI is InChI=1S/C11H8ClS/c12-11-7-6-10(13-11)8-9-4-2-1-3-5-9/h2-7H,8H2. The van der Waals surface area contributed by atoms with Gasteiger partial charge in [-0.05, 0) is 23.8 Å². The summed E-state index contributed by atoms with van der Waals surface area (Å²) >= 11 is 7.48. The van der Waals surface area contributed by atoms with Gasteiger partial charge < -0.3 is 0 Å². The monoisotopic (exact) mass is 207 g/mol. The van der Waals surface area contributed by atoms with Gasteiger partial charge in [0.05, 0.1) is 4.34 Å². The minimum atomic E-state index is 0.859. The van der Waals surface area contributed by atoms with Crippen molar-refractivity contribution < 1.29 is 0 Å². The van der Waals surface area contributed by atoms with Crippen LogP contribution in [0, 0.1) is 6.07 Å². The Balaban J connectivity index is 2.15. The molecule has 0 amide bonds. The molecule has 13 heavy (non-hydrogen) atoms. The third-order valence-corrected chi connectivity index (χ3v) is 3.03. The van der Waals surface area contributed by atoms with E-state index in [0.29, 0.717) is 0 Å². The summed E-state index contributed by atoms with van der Waals surface area (Å²) in [7, 11) is 0. The molecule has 0 nitrogen and oxygen atoms in total. The highest BCUT2D eigenvalue weighted by molar-refractivity contribution is 7.16. The van der Waals surface area contributed by atoms with Crippen molar-refractivity contribution in [2.75, 3.05) is 0 Å². The Morgan fingerprint density at radius 1 is 1.15 bits per heavy atom. The highest BCUT2D eigenvalue weighted by Crippen LogP contribution is 2.23. The first kappa shape index (κ1) is 8.79. The molecular formula is C11H8ClS. The Hall–Kier alpha value is -0.790. The van der Waals surface area contributed by atoms with Gasteiger partial charge in [-0.25, -0.2) is 0 Å². The van der Waals surface area contributed by atoms with E-state index in [9.17, 15) is 0 Å². The van der Waals surface area contributed by atoms with Crippen molar-refractivity contribution in [3.63, 3.8) is 0 Å². The highest BCUT2D eigenvalue weighted by Gasteiger charge is 1.98. The topological polar surface area (TPSA) is 0 Å². The first-order valence-corrected chi connectivity index (χ1v) is 5.23. The summed E-state index contributed by atoms with van der Waals surface area (Å²) in [6, 6.07) is 15.0. The fourth-order valence-corrected chi connectivity index (χ4v) is 2.31. The molecule has 0 bridgehead atoms. The zero-order valence-corrected chi connectivity index (χ0v) is 8.53. The molecule has 1 radical (unpaired) electrons. The lowest BCUT2D eigenvalue weighted by Crippen LogP contribution is -1.81. The first-order chi connectivity index (χ1) is 6.34. The SMILES string of the molecule is Clc1ccc(Cc2cc[c]cc2)s1. The van der Waals surface area contributed by atoms with Crippen molar-refractivity contribution >= 4 is 22.9 Å². The summed E-state index contributed by atoms with van der Waals surface area (Å²) < 4.78 is 0.859. The first-order valence-electron chi connectivity index (χ1n) is 4.04. The second kappa shape index (κ2) is 3.95. The molecular weight excluding hydrogens is 200 g/mol. The van der Waals surface area contributed by atoms with Gasteiger partial charge in [-0.15, -0.1) is 11.3 Å². The summed E-state index contributed by atoms with van der Waals surface area (Å²) in [5.41, 5.74) is 1.30. The van der Waals surface area contributed by atoms with E-state index in [1.807, 2.05) is 18.2 Å². The van der Waals surface area contributed by atoms with E-state index in [2.05, 4.69) is 24.3 Å². The van der Waals surface area contributed by atoms with Crippen LogP contribution < -0.4 is 0 Å². The van der Waals surface area contributed by atoms with Crippen LogP contribution in [0.5, 0.6) is 0 Å². The fraction of sp³-hybridized carbons (Fsp3) is 0.0909. The van der Waals surface area contributed by atoms with Crippen molar-refractivity contribution in [2.45, 2.75) is 6.42 Å². The number of thiophene rings is 1. The Kier molecular flexibility index (Phi) is 2.67. The van der Waals surface area contributed by atoms with E-state index >= 15 is 0 Å². The van der Waals surface area contributed by atoms with Gasteiger partial charge in [-0.1, -0.05) is 35.9 Å². The molecule has 0 N–H and O–H groups in total. The summed E-state index contributed by atoms with van der Waals surface area (Å²) in [5.74, 6) is 0. The maximum Gasteiger partial charge on any atom is 0.0931 e. The number of rotatable bonds is 2. The largest absolute Gasteiger partial charge is 0.128 e. The van der Waals surface area contributed by atoms with Crippen LogP contribution in [0.15, 0.2) is 36.4 Å². The lowest BCUT2D eigenvalue weighted by atomic mass is 10.1. The van der Waals surface area contributed by atoms with Gasteiger partial charge in [-0.3, -0.25) is 0 Å². The van der Waals surface area contributed by atoms with E-state index < -0.39 is 0 Å². The second-order valence-corrected chi connectivity index (χ2v) is 4.59. The number of hydrogen-bond donors (Lipinski definition) is 0. The van der Waals surface area contributed by atoms with Crippen molar-refractivity contribution in [1.29, 1.82) is 0 Å². The van der Waals surface area contributed by atoms with Gasteiger partial charge in [-0.2, -0.15) is 0 Å². The minimum Gasteiger partial charge on any atom is -0.128 e. The van der Waals surface area contributed by atoms with Crippen molar-refractivity contribution in [3.05, 3.63) is 57.2 Å². The average Bonchev–Trinajstić information content (AvgIpc) is 2.53. The Bertz CT molecular complexity index is 378. The van der Waals surface area contributed by atoms with Crippen LogP contribution in [-0.2, 0) is 6.42 Å². The van der Waals surface area contributed by atoms with Crippen molar-refractivity contribution in [3.8, 4) is 0 Å². The Morgan fingerprint density at radius 2 is 1.92 bits per heavy atom. The quantitative estimate of drug-likeness (QED) is 0.703. The van der Waals surface area contributed by atoms with Gasteiger partial charge in [0, 0.05) is 11.3 Å². The molecule has 2 aromatic rings. The van der Waals surface area contributed by atoms with Crippen molar-refractivity contribution in [2.24, 2.45) is 0 Å². The van der Waals surface area contributed by atoms with Crippen LogP contribution in [-0.4, -0.2) is 0 Å². The van der Waals surface area contributed by atoms with E-state index in [-0.39, 0.29) is 0 Å². The van der Waals surface area contributed by atoms with Crippen LogP contribution in [0.1, 0.15) is 10.4 Å². The van der Waals surface area contributed by atoms with E-state index in [1.165, 1.54) is 10.4 Å². The lowest BCUT2D eigenvalue weighted by Gasteiger charge is -1.96. The molecule has 1 aromatic carbocycles. The molecule has 0 atom stereocenters. The molecule has 2 rings (SSSR count). The predicted molar refractivity (Wildman–Crippen MR) is 57.4 cm³/mol. The van der Waals surface area contributed by atoms with Crippen LogP contribution in [0.3, 0.4) is 0 Å². The third kappa shape index (κ3) is 2.33. The lowest BCUT2D eigenvalue weighted by molar-refractivity contribution is 1.24. The van der Waals surface area contributed by atoms with E-state index in [0.717, 1.165) is 10.8 Å². The van der Waals surface area contributed by atoms with Gasteiger partial charge >= 0.3 is 0 Å². The molecule has 1 heterocycles. The molecule has 0 saturated heterocycles. The molecule has 0 unspecified atom stereocenters. The molecule has 0 saturated carbocycles. The summed E-state index contributed by atoms with van der Waals surface area (Å²) in [4.78, 5) is 1.30. The molecule has 0 spiro atoms. The van der Waals surface area contributed by atoms with Gasteiger partial charge in [0.1, 0.15) is 0 Å². The minimum absolute atomic E-state index is 0.859. The average molecular weight is 208 g/mol. The van der Waals surface area contributed by atoms with E-state index in [1.54, 1.807) is 11.3 Å².